The first-order valence-electron chi connectivity index (χ1n) is 7.71. The molecule has 7 heteroatoms. The van der Waals surface area contributed by atoms with Gasteiger partial charge in [-0.3, -0.25) is 4.79 Å². The molecule has 1 aliphatic heterocycles. The molecule has 0 atom stereocenters. The molecular formula is C18H19Cl2N3O2. The second-order valence-corrected chi connectivity index (χ2v) is 5.74. The monoisotopic (exact) mass is 379 g/mol. The highest BCUT2D eigenvalue weighted by Gasteiger charge is 2.19. The van der Waals surface area contributed by atoms with Crippen LogP contribution >= 0.6 is 24.8 Å². The van der Waals surface area contributed by atoms with Gasteiger partial charge in [-0.1, -0.05) is 0 Å². The minimum Gasteiger partial charge on any atom is -0.496 e. The molecule has 0 saturated heterocycles. The maximum Gasteiger partial charge on any atom is 0.253 e. The number of benzene rings is 1. The number of nitrogens with one attached hydrogen (secondary N) is 2. The molecule has 1 aliphatic rings. The summed E-state index contributed by atoms with van der Waals surface area (Å²) in [6, 6.07) is 7.65. The smallest absolute Gasteiger partial charge is 0.253 e. The van der Waals surface area contributed by atoms with Gasteiger partial charge < -0.3 is 19.6 Å². The summed E-state index contributed by atoms with van der Waals surface area (Å²) in [5.41, 5.74) is 3.55. The molecule has 0 spiro atoms. The number of aromatic amines is 1. The third-order valence-corrected chi connectivity index (χ3v) is 4.25. The normalized spacial score (nSPS) is 12.5. The van der Waals surface area contributed by atoms with Gasteiger partial charge in [0.2, 0.25) is 0 Å². The number of ether oxygens (including phenoxy) is 1. The largest absolute Gasteiger partial charge is 0.496 e. The van der Waals surface area contributed by atoms with E-state index in [-0.39, 0.29) is 30.4 Å². The Kier molecular flexibility index (Phi) is 6.03. The van der Waals surface area contributed by atoms with Crippen molar-refractivity contribution < 1.29 is 4.74 Å². The summed E-state index contributed by atoms with van der Waals surface area (Å²) in [6.45, 7) is 1.51. The Morgan fingerprint density at radius 2 is 2.00 bits per heavy atom. The summed E-state index contributed by atoms with van der Waals surface area (Å²) in [4.78, 5) is 15.4. The number of rotatable bonds is 3. The number of fused-ring (bicyclic) bond motifs is 3. The molecule has 3 heterocycles. The summed E-state index contributed by atoms with van der Waals surface area (Å²) in [7, 11) is 1.66. The molecule has 2 N–H and O–H groups in total. The highest BCUT2D eigenvalue weighted by Crippen LogP contribution is 2.35. The molecule has 2 aromatic heterocycles. The zero-order valence-corrected chi connectivity index (χ0v) is 15.4. The minimum atomic E-state index is -0.0157. The van der Waals surface area contributed by atoms with Gasteiger partial charge in [-0.05, 0) is 42.7 Å². The van der Waals surface area contributed by atoms with Crippen LogP contribution in [0.5, 0.6) is 5.75 Å². The van der Waals surface area contributed by atoms with Crippen molar-refractivity contribution in [2.75, 3.05) is 19.0 Å². The maximum absolute atomic E-state index is 12.4. The van der Waals surface area contributed by atoms with Gasteiger partial charge in [0.25, 0.3) is 5.56 Å². The summed E-state index contributed by atoms with van der Waals surface area (Å²) in [5, 5.41) is 4.32. The first-order valence-corrected chi connectivity index (χ1v) is 7.71. The zero-order chi connectivity index (χ0) is 15.8. The first kappa shape index (κ1) is 19.2. The molecule has 25 heavy (non-hydrogen) atoms. The van der Waals surface area contributed by atoms with E-state index in [1.54, 1.807) is 7.11 Å². The third-order valence-electron chi connectivity index (χ3n) is 4.25. The van der Waals surface area contributed by atoms with Crippen LogP contribution in [0.25, 0.3) is 10.9 Å². The molecule has 3 aromatic rings. The molecule has 0 aliphatic carbocycles. The Hall–Kier alpha value is -2.11. The average molecular weight is 380 g/mol. The van der Waals surface area contributed by atoms with Gasteiger partial charge in [-0.15, -0.1) is 24.8 Å². The van der Waals surface area contributed by atoms with E-state index in [9.17, 15) is 4.79 Å². The molecule has 1 aromatic carbocycles. The van der Waals surface area contributed by atoms with Crippen LogP contribution in [0.15, 0.2) is 29.1 Å². The lowest BCUT2D eigenvalue weighted by Gasteiger charge is -2.21. The number of pyridine rings is 1. The maximum atomic E-state index is 12.4. The second-order valence-electron chi connectivity index (χ2n) is 5.74. The van der Waals surface area contributed by atoms with Gasteiger partial charge in [0, 0.05) is 18.7 Å². The second kappa shape index (κ2) is 7.85. The molecule has 0 amide bonds. The molecule has 132 valence electrons. The van der Waals surface area contributed by atoms with Gasteiger partial charge in [-0.25, -0.2) is 0 Å². The van der Waals surface area contributed by atoms with Crippen LogP contribution in [-0.4, -0.2) is 23.2 Å². The topological polar surface area (TPSA) is 59.0 Å². The molecule has 0 saturated carbocycles. The standard InChI is InChI=1S/C18H17N3O2.2ClH/c1-23-15-10-12(11-21-7-2-3-8-21)9-14-16(15)17-13(18(22)20-14)5-4-6-19-17;;/h2-3,9-10,19H,4-6,11H2,1H3,(H,20,22);2*1H. The molecule has 0 bridgehead atoms. The number of H-pyrrole nitrogens is 1. The first-order chi connectivity index (χ1) is 11.3. The molecule has 2 radical (unpaired) electrons. The van der Waals surface area contributed by atoms with Crippen LogP contribution < -0.4 is 15.6 Å². The number of hydrogen-bond acceptors (Lipinski definition) is 3. The number of aromatic nitrogens is 2. The predicted molar refractivity (Wildman–Crippen MR) is 104 cm³/mol. The fourth-order valence-electron chi connectivity index (χ4n) is 3.22. The van der Waals surface area contributed by atoms with Gasteiger partial charge in [0.1, 0.15) is 5.75 Å². The van der Waals surface area contributed by atoms with Crippen molar-refractivity contribution in [2.24, 2.45) is 0 Å². The Bertz CT molecular complexity index is 920. The fourth-order valence-corrected chi connectivity index (χ4v) is 3.22. The lowest BCUT2D eigenvalue weighted by atomic mass is 10.00. The summed E-state index contributed by atoms with van der Waals surface area (Å²) in [5.74, 6) is 0.770. The van der Waals surface area contributed by atoms with Crippen molar-refractivity contribution in [3.8, 4) is 5.75 Å². The average Bonchev–Trinajstić information content (AvgIpc) is 3.07. The number of hydrogen-bond donors (Lipinski definition) is 2. The zero-order valence-electron chi connectivity index (χ0n) is 13.7. The van der Waals surface area contributed by atoms with E-state index >= 15 is 0 Å². The van der Waals surface area contributed by atoms with Gasteiger partial charge in [0.15, 0.2) is 0 Å². The lowest BCUT2D eigenvalue weighted by Crippen LogP contribution is -2.22. The van der Waals surface area contributed by atoms with E-state index in [1.807, 2.05) is 28.8 Å². The Balaban J connectivity index is 0.00000113. The lowest BCUT2D eigenvalue weighted by molar-refractivity contribution is 0.419. The highest BCUT2D eigenvalue weighted by atomic mass is 35.5. The van der Waals surface area contributed by atoms with Gasteiger partial charge in [0.05, 0.1) is 36.1 Å². The van der Waals surface area contributed by atoms with E-state index in [1.165, 1.54) is 0 Å². The molecule has 0 unspecified atom stereocenters. The summed E-state index contributed by atoms with van der Waals surface area (Å²) < 4.78 is 7.44. The van der Waals surface area contributed by atoms with Crippen molar-refractivity contribution in [1.29, 1.82) is 0 Å². The van der Waals surface area contributed by atoms with Crippen LogP contribution in [0.3, 0.4) is 0 Å². The van der Waals surface area contributed by atoms with Crippen LogP contribution in [0.1, 0.15) is 17.5 Å². The van der Waals surface area contributed by atoms with Crippen molar-refractivity contribution >= 4 is 41.4 Å². The quantitative estimate of drug-likeness (QED) is 0.734. The summed E-state index contributed by atoms with van der Waals surface area (Å²) in [6.07, 6.45) is 7.91. The van der Waals surface area contributed by atoms with Crippen LogP contribution in [-0.2, 0) is 13.0 Å². The van der Waals surface area contributed by atoms with Crippen molar-refractivity contribution in [2.45, 2.75) is 19.4 Å². The Labute approximate surface area is 158 Å². The summed E-state index contributed by atoms with van der Waals surface area (Å²) >= 11 is 0. The number of methoxy groups -OCH3 is 1. The minimum absolute atomic E-state index is 0. The Morgan fingerprint density at radius 3 is 2.72 bits per heavy atom. The molecular weight excluding hydrogens is 361 g/mol. The van der Waals surface area contributed by atoms with Gasteiger partial charge >= 0.3 is 0 Å². The van der Waals surface area contributed by atoms with Gasteiger partial charge in [-0.2, -0.15) is 0 Å². The number of halogens is 2. The predicted octanol–water partition coefficient (Wildman–Crippen LogP) is 3.19. The van der Waals surface area contributed by atoms with Crippen molar-refractivity contribution in [1.82, 2.24) is 9.55 Å². The molecule has 0 fully saturated rings. The third kappa shape index (κ3) is 3.48. The Morgan fingerprint density at radius 1 is 1.24 bits per heavy atom. The van der Waals surface area contributed by atoms with Crippen molar-refractivity contribution in [3.63, 3.8) is 0 Å². The van der Waals surface area contributed by atoms with E-state index in [4.69, 9.17) is 4.74 Å². The number of anilines is 1. The van der Waals surface area contributed by atoms with E-state index in [0.29, 0.717) is 6.54 Å². The van der Waals surface area contributed by atoms with E-state index < -0.39 is 0 Å². The van der Waals surface area contributed by atoms with Crippen molar-refractivity contribution in [3.05, 3.63) is 58.1 Å². The number of nitrogens with zero attached hydrogens (tertiary/aromatic N) is 1. The van der Waals surface area contributed by atoms with E-state index in [0.717, 1.165) is 52.9 Å². The molecule has 4 rings (SSSR count). The van der Waals surface area contributed by atoms with E-state index in [2.05, 4.69) is 22.7 Å². The fraction of sp³-hybridized carbons (Fsp3) is 0.278. The van der Waals surface area contributed by atoms with Crippen LogP contribution in [0, 0.1) is 12.4 Å². The van der Waals surface area contributed by atoms with Crippen LogP contribution in [0.4, 0.5) is 5.69 Å². The highest BCUT2D eigenvalue weighted by molar-refractivity contribution is 5.98. The molecule has 5 nitrogen and oxygen atoms in total. The SMILES string of the molecule is COc1cc(Cn2[c]cc[c]2)cc2[nH]c(=O)c3c(c12)NCCC3.Cl.Cl. The van der Waals surface area contributed by atoms with Crippen LogP contribution in [0.2, 0.25) is 0 Å².